The lowest BCUT2D eigenvalue weighted by molar-refractivity contribution is -0.153. The van der Waals surface area contributed by atoms with Crippen molar-refractivity contribution in [3.8, 4) is 0 Å². The summed E-state index contributed by atoms with van der Waals surface area (Å²) in [5, 5.41) is 0. The highest BCUT2D eigenvalue weighted by Gasteiger charge is 2.44. The minimum atomic E-state index is -1.11. The largest absolute Gasteiger partial charge is 0.454 e. The van der Waals surface area contributed by atoms with E-state index in [0.29, 0.717) is 5.69 Å². The van der Waals surface area contributed by atoms with E-state index in [9.17, 15) is 19.2 Å². The van der Waals surface area contributed by atoms with Crippen molar-refractivity contribution in [2.45, 2.75) is 19.9 Å². The van der Waals surface area contributed by atoms with Gasteiger partial charge < -0.3 is 9.64 Å². The summed E-state index contributed by atoms with van der Waals surface area (Å²) in [5.41, 5.74) is 1.18. The number of nitrogens with zero attached hydrogens (tertiary/aromatic N) is 2. The maximum absolute atomic E-state index is 12.7. The highest BCUT2D eigenvalue weighted by Crippen LogP contribution is 2.27. The quantitative estimate of drug-likeness (QED) is 0.555. The first-order valence-electron chi connectivity index (χ1n) is 9.28. The highest BCUT2D eigenvalue weighted by atomic mass is 16.5. The van der Waals surface area contributed by atoms with Crippen LogP contribution >= 0.6 is 0 Å². The van der Waals surface area contributed by atoms with Gasteiger partial charge in [0.15, 0.2) is 6.61 Å². The molecular formula is C22H22N2O5. The predicted octanol–water partition coefficient (Wildman–Crippen LogP) is 2.51. The van der Waals surface area contributed by atoms with Gasteiger partial charge in [-0.05, 0) is 30.2 Å². The van der Waals surface area contributed by atoms with Gasteiger partial charge in [0.1, 0.15) is 6.04 Å². The van der Waals surface area contributed by atoms with Crippen molar-refractivity contribution in [1.82, 2.24) is 4.90 Å². The zero-order chi connectivity index (χ0) is 21.1. The number of likely N-dealkylation sites (N-methyl/N-ethyl adjacent to an activating group) is 1. The Labute approximate surface area is 168 Å². The fraction of sp³-hybridized carbons (Fsp3) is 0.273. The van der Waals surface area contributed by atoms with Gasteiger partial charge in [0.2, 0.25) is 0 Å². The molecule has 0 aliphatic carbocycles. The third-order valence-electron chi connectivity index (χ3n) is 4.83. The molecule has 3 rings (SSSR count). The van der Waals surface area contributed by atoms with Gasteiger partial charge in [-0.15, -0.1) is 0 Å². The molecule has 150 valence electrons. The number of rotatable bonds is 6. The van der Waals surface area contributed by atoms with E-state index in [4.69, 9.17) is 4.74 Å². The van der Waals surface area contributed by atoms with E-state index in [1.54, 1.807) is 69.4 Å². The summed E-state index contributed by atoms with van der Waals surface area (Å²) in [4.78, 5) is 52.8. The molecule has 0 saturated heterocycles. The van der Waals surface area contributed by atoms with Crippen LogP contribution in [-0.2, 0) is 14.3 Å². The number of hydrogen-bond acceptors (Lipinski definition) is 5. The molecule has 0 bridgehead atoms. The smallest absolute Gasteiger partial charge is 0.330 e. The van der Waals surface area contributed by atoms with Gasteiger partial charge in [0, 0.05) is 12.7 Å². The SMILES string of the molecule is CC(C)[C@H](C(=O)OCC(=O)N(C)c1ccccc1)N1C(=O)c2ccccc2C1=O. The second kappa shape index (κ2) is 8.26. The van der Waals surface area contributed by atoms with E-state index in [0.717, 1.165) is 4.90 Å². The predicted molar refractivity (Wildman–Crippen MR) is 106 cm³/mol. The molecule has 2 aromatic rings. The van der Waals surface area contributed by atoms with Crippen molar-refractivity contribution in [2.24, 2.45) is 5.92 Å². The lowest BCUT2D eigenvalue weighted by Gasteiger charge is -2.27. The normalized spacial score (nSPS) is 14.0. The van der Waals surface area contributed by atoms with Crippen LogP contribution in [0.15, 0.2) is 54.6 Å². The van der Waals surface area contributed by atoms with Gasteiger partial charge in [-0.3, -0.25) is 19.3 Å². The van der Waals surface area contributed by atoms with Gasteiger partial charge in [0.05, 0.1) is 11.1 Å². The van der Waals surface area contributed by atoms with Crippen molar-refractivity contribution in [1.29, 1.82) is 0 Å². The molecule has 7 heteroatoms. The van der Waals surface area contributed by atoms with Gasteiger partial charge in [-0.25, -0.2) is 4.79 Å². The number of fused-ring (bicyclic) bond motifs is 1. The number of hydrogen-bond donors (Lipinski definition) is 0. The zero-order valence-electron chi connectivity index (χ0n) is 16.5. The van der Waals surface area contributed by atoms with Crippen LogP contribution in [0.25, 0.3) is 0 Å². The second-order valence-corrected chi connectivity index (χ2v) is 7.11. The maximum Gasteiger partial charge on any atom is 0.330 e. The number of ether oxygens (including phenoxy) is 1. The molecule has 29 heavy (non-hydrogen) atoms. The first-order valence-corrected chi connectivity index (χ1v) is 9.28. The molecule has 0 unspecified atom stereocenters. The number of imide groups is 1. The van der Waals surface area contributed by atoms with E-state index < -0.39 is 36.3 Å². The van der Waals surface area contributed by atoms with Gasteiger partial charge in [-0.2, -0.15) is 0 Å². The Morgan fingerprint density at radius 1 is 0.931 bits per heavy atom. The van der Waals surface area contributed by atoms with Gasteiger partial charge >= 0.3 is 5.97 Å². The topological polar surface area (TPSA) is 84.0 Å². The summed E-state index contributed by atoms with van der Waals surface area (Å²) in [6.07, 6.45) is 0. The highest BCUT2D eigenvalue weighted by molar-refractivity contribution is 6.22. The summed E-state index contributed by atoms with van der Waals surface area (Å²) in [6, 6.07) is 14.2. The van der Waals surface area contributed by atoms with Crippen molar-refractivity contribution < 1.29 is 23.9 Å². The van der Waals surface area contributed by atoms with Crippen LogP contribution in [0, 0.1) is 5.92 Å². The van der Waals surface area contributed by atoms with Crippen LogP contribution in [0.2, 0.25) is 0 Å². The van der Waals surface area contributed by atoms with E-state index in [1.165, 1.54) is 4.90 Å². The second-order valence-electron chi connectivity index (χ2n) is 7.11. The summed E-state index contributed by atoms with van der Waals surface area (Å²) in [7, 11) is 1.58. The molecule has 0 N–H and O–H groups in total. The Balaban J connectivity index is 1.72. The Bertz CT molecular complexity index is 920. The first kappa shape index (κ1) is 20.3. The molecule has 0 radical (unpaired) electrons. The molecule has 3 amide bonds. The molecule has 1 aliphatic rings. The molecule has 2 aromatic carbocycles. The van der Waals surface area contributed by atoms with Crippen LogP contribution in [-0.4, -0.2) is 48.3 Å². The van der Waals surface area contributed by atoms with Crippen LogP contribution in [0.1, 0.15) is 34.6 Å². The number of para-hydroxylation sites is 1. The number of amides is 3. The van der Waals surface area contributed by atoms with Crippen molar-refractivity contribution in [2.75, 3.05) is 18.6 Å². The fourth-order valence-corrected chi connectivity index (χ4v) is 3.25. The van der Waals surface area contributed by atoms with Crippen LogP contribution in [0.5, 0.6) is 0 Å². The molecule has 1 aliphatic heterocycles. The Hall–Kier alpha value is -3.48. The monoisotopic (exact) mass is 394 g/mol. The summed E-state index contributed by atoms with van der Waals surface area (Å²) in [5.74, 6) is -2.66. The summed E-state index contributed by atoms with van der Waals surface area (Å²) < 4.78 is 5.20. The van der Waals surface area contributed by atoms with E-state index in [1.807, 2.05) is 6.07 Å². The molecule has 0 fully saturated rings. The lowest BCUT2D eigenvalue weighted by Crippen LogP contribution is -2.49. The van der Waals surface area contributed by atoms with E-state index in [2.05, 4.69) is 0 Å². The Morgan fingerprint density at radius 3 is 1.97 bits per heavy atom. The van der Waals surface area contributed by atoms with Crippen molar-refractivity contribution in [3.05, 3.63) is 65.7 Å². The minimum Gasteiger partial charge on any atom is -0.454 e. The fourth-order valence-electron chi connectivity index (χ4n) is 3.25. The molecule has 1 heterocycles. The number of benzene rings is 2. The third kappa shape index (κ3) is 3.89. The molecule has 0 saturated carbocycles. The molecule has 7 nitrogen and oxygen atoms in total. The number of carbonyl (C=O) groups is 4. The van der Waals surface area contributed by atoms with Crippen LogP contribution in [0.3, 0.4) is 0 Å². The van der Waals surface area contributed by atoms with E-state index >= 15 is 0 Å². The van der Waals surface area contributed by atoms with Crippen molar-refractivity contribution >= 4 is 29.4 Å². The standard InChI is InChI=1S/C22H22N2O5/c1-14(2)19(24-20(26)16-11-7-8-12-17(16)21(24)27)22(28)29-13-18(25)23(3)15-9-5-4-6-10-15/h4-12,14,19H,13H2,1-3H3/t19-/m1/s1. The number of carbonyl (C=O) groups excluding carboxylic acids is 4. The first-order chi connectivity index (χ1) is 13.8. The molecular weight excluding hydrogens is 372 g/mol. The van der Waals surface area contributed by atoms with E-state index in [-0.39, 0.29) is 17.0 Å². The molecule has 0 spiro atoms. The zero-order valence-corrected chi connectivity index (χ0v) is 16.5. The Morgan fingerprint density at radius 2 is 1.45 bits per heavy atom. The summed E-state index contributed by atoms with van der Waals surface area (Å²) in [6.45, 7) is 2.94. The average Bonchev–Trinajstić information content (AvgIpc) is 2.97. The number of anilines is 1. The third-order valence-corrected chi connectivity index (χ3v) is 4.83. The summed E-state index contributed by atoms with van der Waals surface area (Å²) >= 11 is 0. The molecule has 1 atom stereocenters. The average molecular weight is 394 g/mol. The van der Waals surface area contributed by atoms with Gasteiger partial charge in [0.25, 0.3) is 17.7 Å². The van der Waals surface area contributed by atoms with Crippen LogP contribution < -0.4 is 4.90 Å². The van der Waals surface area contributed by atoms with Crippen LogP contribution in [0.4, 0.5) is 5.69 Å². The van der Waals surface area contributed by atoms with Crippen molar-refractivity contribution in [3.63, 3.8) is 0 Å². The number of esters is 1. The lowest BCUT2D eigenvalue weighted by atomic mass is 10.0. The van der Waals surface area contributed by atoms with Gasteiger partial charge in [-0.1, -0.05) is 44.2 Å². The minimum absolute atomic E-state index is 0.260. The molecule has 0 aromatic heterocycles. The Kier molecular flexibility index (Phi) is 5.77. The maximum atomic E-state index is 12.7.